The smallest absolute Gasteiger partial charge is 0.291 e. The van der Waals surface area contributed by atoms with E-state index in [9.17, 15) is 9.59 Å². The largest absolute Gasteiger partial charge is 0.459 e. The van der Waals surface area contributed by atoms with Gasteiger partial charge in [0.15, 0.2) is 11.2 Å². The van der Waals surface area contributed by atoms with Crippen LogP contribution in [-0.2, 0) is 0 Å². The van der Waals surface area contributed by atoms with Gasteiger partial charge in [0.05, 0.1) is 17.5 Å². The summed E-state index contributed by atoms with van der Waals surface area (Å²) in [4.78, 5) is 23.8. The third kappa shape index (κ3) is 4.78. The van der Waals surface area contributed by atoms with E-state index in [1.54, 1.807) is 12.1 Å². The number of H-pyrrole nitrogens is 1. The molecule has 0 spiro atoms. The Labute approximate surface area is 194 Å². The number of nitrogens with one attached hydrogen (secondary N) is 3. The number of anilines is 3. The van der Waals surface area contributed by atoms with Crippen LogP contribution in [0.5, 0.6) is 0 Å². The van der Waals surface area contributed by atoms with E-state index in [2.05, 4.69) is 20.8 Å². The summed E-state index contributed by atoms with van der Waals surface area (Å²) in [5, 5.41) is 14.6. The molecule has 34 heavy (non-hydrogen) atoms. The molecule has 0 saturated carbocycles. The summed E-state index contributed by atoms with van der Waals surface area (Å²) in [7, 11) is 0. The number of rotatable bonds is 6. The quantitative estimate of drug-likeness (QED) is 0.310. The summed E-state index contributed by atoms with van der Waals surface area (Å²) < 4.78 is 5.11. The zero-order valence-electron chi connectivity index (χ0n) is 18.0. The second kappa shape index (κ2) is 9.30. The molecule has 0 atom stereocenters. The number of benzene rings is 3. The first-order valence-corrected chi connectivity index (χ1v) is 10.6. The minimum Gasteiger partial charge on any atom is -0.459 e. The zero-order chi connectivity index (χ0) is 23.3. The van der Waals surface area contributed by atoms with E-state index in [1.807, 2.05) is 72.8 Å². The lowest BCUT2D eigenvalue weighted by Gasteiger charge is -2.09. The molecule has 0 aliphatic heterocycles. The molecule has 0 saturated heterocycles. The van der Waals surface area contributed by atoms with Crippen LogP contribution in [0.3, 0.4) is 0 Å². The van der Waals surface area contributed by atoms with Crippen LogP contribution in [0.2, 0.25) is 0 Å². The van der Waals surface area contributed by atoms with Crippen LogP contribution in [0.25, 0.3) is 23.1 Å². The third-order valence-corrected chi connectivity index (χ3v) is 5.16. The fraction of sp³-hybridized carbons (Fsp3) is 0. The first kappa shape index (κ1) is 21.0. The minimum absolute atomic E-state index is 0.0484. The van der Waals surface area contributed by atoms with Crippen LogP contribution in [-0.4, -0.2) is 16.1 Å². The minimum atomic E-state index is -0.496. The van der Waals surface area contributed by atoms with Crippen molar-refractivity contribution in [1.29, 1.82) is 0 Å². The summed E-state index contributed by atoms with van der Waals surface area (Å²) >= 11 is 0. The van der Waals surface area contributed by atoms with Crippen molar-refractivity contribution in [2.75, 3.05) is 10.6 Å². The van der Waals surface area contributed by atoms with E-state index in [-0.39, 0.29) is 11.2 Å². The highest BCUT2D eigenvalue weighted by Crippen LogP contribution is 2.25. The summed E-state index contributed by atoms with van der Waals surface area (Å²) in [6.45, 7) is 0. The number of nitrogens with zero attached hydrogens (tertiary/aromatic N) is 1. The Morgan fingerprint density at radius 2 is 1.68 bits per heavy atom. The van der Waals surface area contributed by atoms with Gasteiger partial charge in [-0.15, -0.1) is 0 Å². The Morgan fingerprint density at radius 3 is 2.53 bits per heavy atom. The Hall–Kier alpha value is -4.91. The van der Waals surface area contributed by atoms with Crippen molar-refractivity contribution in [3.05, 3.63) is 118 Å². The highest BCUT2D eigenvalue weighted by atomic mass is 16.3. The highest BCUT2D eigenvalue weighted by Gasteiger charge is 2.10. The summed E-state index contributed by atoms with van der Waals surface area (Å²) in [6, 6.07) is 25.7. The predicted molar refractivity (Wildman–Crippen MR) is 134 cm³/mol. The monoisotopic (exact) mass is 448 g/mol. The average molecular weight is 448 g/mol. The molecule has 0 aliphatic carbocycles. The molecule has 3 aromatic carbocycles. The van der Waals surface area contributed by atoms with Gasteiger partial charge in [-0.2, -0.15) is 5.10 Å². The number of hydrogen-bond acceptors (Lipinski definition) is 5. The molecule has 5 rings (SSSR count). The number of carbonyl (C=O) groups excluding carboxylic acids is 1. The standard InChI is InChI=1S/C27H20N4O3/c32-22-13-14-34-26(17-22)27(33)29-20-8-4-7-19(15-20)28-21-10-11-23-24(30-31-25(23)16-21)12-9-18-5-2-1-3-6-18/h1-17,28H,(H,29,33)(H,30,31)/b12-9+. The maximum absolute atomic E-state index is 12.3. The van der Waals surface area contributed by atoms with Crippen LogP contribution in [0, 0.1) is 0 Å². The van der Waals surface area contributed by atoms with Crippen molar-refractivity contribution >= 4 is 46.0 Å². The lowest BCUT2D eigenvalue weighted by Crippen LogP contribution is -2.14. The normalized spacial score (nSPS) is 11.1. The van der Waals surface area contributed by atoms with Gasteiger partial charge >= 0.3 is 0 Å². The second-order valence-electron chi connectivity index (χ2n) is 7.60. The van der Waals surface area contributed by atoms with Gasteiger partial charge in [0.1, 0.15) is 0 Å². The highest BCUT2D eigenvalue weighted by molar-refractivity contribution is 6.02. The number of amides is 1. The van der Waals surface area contributed by atoms with Crippen molar-refractivity contribution < 1.29 is 9.21 Å². The van der Waals surface area contributed by atoms with Gasteiger partial charge in [-0.25, -0.2) is 0 Å². The molecule has 3 N–H and O–H groups in total. The van der Waals surface area contributed by atoms with Gasteiger partial charge in [0.25, 0.3) is 5.91 Å². The molecule has 0 bridgehead atoms. The molecule has 7 nitrogen and oxygen atoms in total. The van der Waals surface area contributed by atoms with E-state index in [1.165, 1.54) is 12.3 Å². The molecule has 7 heteroatoms. The SMILES string of the molecule is O=C(Nc1cccc(Nc2ccc3c(/C=C/c4ccccc4)n[nH]c3c2)c1)c1cc(=O)cco1. The molecule has 0 aliphatic rings. The van der Waals surface area contributed by atoms with Crippen molar-refractivity contribution in [2.24, 2.45) is 0 Å². The molecular weight excluding hydrogens is 428 g/mol. The van der Waals surface area contributed by atoms with Gasteiger partial charge < -0.3 is 15.1 Å². The van der Waals surface area contributed by atoms with E-state index in [4.69, 9.17) is 4.42 Å². The van der Waals surface area contributed by atoms with E-state index in [0.717, 1.165) is 39.6 Å². The van der Waals surface area contributed by atoms with Crippen molar-refractivity contribution in [1.82, 2.24) is 10.2 Å². The molecule has 0 radical (unpaired) electrons. The zero-order valence-corrected chi connectivity index (χ0v) is 18.0. The van der Waals surface area contributed by atoms with Crippen molar-refractivity contribution in [2.45, 2.75) is 0 Å². The molecule has 2 aromatic heterocycles. The number of aromatic nitrogens is 2. The molecule has 166 valence electrons. The maximum atomic E-state index is 12.3. The third-order valence-electron chi connectivity index (χ3n) is 5.16. The molecule has 1 amide bonds. The lowest BCUT2D eigenvalue weighted by molar-refractivity contribution is 0.0994. The number of aromatic amines is 1. The van der Waals surface area contributed by atoms with Gasteiger partial charge in [0, 0.05) is 34.6 Å². The predicted octanol–water partition coefficient (Wildman–Crippen LogP) is 5.68. The summed E-state index contributed by atoms with van der Waals surface area (Å²) in [5.41, 5.74) is 4.81. The van der Waals surface area contributed by atoms with Gasteiger partial charge in [-0.05, 0) is 48.0 Å². The van der Waals surface area contributed by atoms with E-state index < -0.39 is 5.91 Å². The van der Waals surface area contributed by atoms with Crippen LogP contribution >= 0.6 is 0 Å². The van der Waals surface area contributed by atoms with E-state index in [0.29, 0.717) is 5.69 Å². The van der Waals surface area contributed by atoms with Gasteiger partial charge in [0.2, 0.25) is 0 Å². The average Bonchev–Trinajstić information content (AvgIpc) is 3.26. The van der Waals surface area contributed by atoms with Gasteiger partial charge in [-0.1, -0.05) is 42.5 Å². The second-order valence-corrected chi connectivity index (χ2v) is 7.60. The molecule has 2 heterocycles. The Morgan fingerprint density at radius 1 is 0.853 bits per heavy atom. The molecule has 0 unspecified atom stereocenters. The van der Waals surface area contributed by atoms with Crippen molar-refractivity contribution in [3.8, 4) is 0 Å². The topological polar surface area (TPSA) is 100 Å². The number of carbonyl (C=O) groups is 1. The van der Waals surface area contributed by atoms with Gasteiger partial charge in [-0.3, -0.25) is 14.7 Å². The van der Waals surface area contributed by atoms with Crippen LogP contribution in [0.15, 0.2) is 100 Å². The number of fused-ring (bicyclic) bond motifs is 1. The van der Waals surface area contributed by atoms with Crippen LogP contribution in [0.4, 0.5) is 17.1 Å². The molecule has 5 aromatic rings. The number of hydrogen-bond donors (Lipinski definition) is 3. The van der Waals surface area contributed by atoms with Crippen molar-refractivity contribution in [3.63, 3.8) is 0 Å². The van der Waals surface area contributed by atoms with E-state index >= 15 is 0 Å². The Balaban J connectivity index is 1.31. The summed E-state index contributed by atoms with van der Waals surface area (Å²) in [6.07, 6.45) is 5.22. The maximum Gasteiger partial charge on any atom is 0.291 e. The Bertz CT molecular complexity index is 1550. The first-order valence-electron chi connectivity index (χ1n) is 10.6. The fourth-order valence-corrected chi connectivity index (χ4v) is 3.52. The van der Waals surface area contributed by atoms with Crippen LogP contribution in [0.1, 0.15) is 21.8 Å². The summed E-state index contributed by atoms with van der Waals surface area (Å²) in [5.74, 6) is -0.544. The van der Waals surface area contributed by atoms with Crippen LogP contribution < -0.4 is 16.1 Å². The molecule has 0 fully saturated rings. The first-order chi connectivity index (χ1) is 16.6. The lowest BCUT2D eigenvalue weighted by atomic mass is 10.1. The Kier molecular flexibility index (Phi) is 5.73. The fourth-order valence-electron chi connectivity index (χ4n) is 3.52. The molecular formula is C27H20N4O3.